The van der Waals surface area contributed by atoms with E-state index in [1.54, 1.807) is 6.07 Å². The molecule has 1 aromatic carbocycles. The number of alkyl halides is 2. The number of hydrogen-bond acceptors (Lipinski definition) is 6. The number of rotatable bonds is 5. The molecule has 1 N–H and O–H groups in total. The number of nitrogens with zero attached hydrogens (tertiary/aromatic N) is 4. The monoisotopic (exact) mass is 359 g/mol. The van der Waals surface area contributed by atoms with E-state index in [1.165, 1.54) is 18.3 Å². The molecule has 3 aliphatic heterocycles. The predicted octanol–water partition coefficient (Wildman–Crippen LogP) is 2.12. The van der Waals surface area contributed by atoms with Crippen molar-refractivity contribution in [3.8, 4) is 11.8 Å². The topological polar surface area (TPSA) is 64.4 Å². The van der Waals surface area contributed by atoms with Gasteiger partial charge >= 0.3 is 6.61 Å². The Morgan fingerprint density at radius 3 is 2.77 bits per heavy atom. The van der Waals surface area contributed by atoms with Crippen LogP contribution in [0.4, 0.5) is 14.5 Å². The fraction of sp³-hybridized carbons (Fsp3) is 0.444. The number of piperazine rings is 3. The van der Waals surface area contributed by atoms with Crippen LogP contribution in [-0.2, 0) is 0 Å². The molecule has 26 heavy (non-hydrogen) atoms. The Kier molecular flexibility index (Phi) is 4.57. The minimum absolute atomic E-state index is 0.0547. The molecule has 2 aromatic rings. The number of anilines is 1. The largest absolute Gasteiger partial charge is 0.435 e. The van der Waals surface area contributed by atoms with Gasteiger partial charge in [0.05, 0.1) is 16.8 Å². The van der Waals surface area contributed by atoms with Crippen LogP contribution in [0.3, 0.4) is 0 Å². The fourth-order valence-corrected chi connectivity index (χ4v) is 3.76. The van der Waals surface area contributed by atoms with E-state index in [2.05, 4.69) is 30.9 Å². The molecule has 3 fully saturated rings. The van der Waals surface area contributed by atoms with Crippen LogP contribution in [0, 0.1) is 11.3 Å². The van der Waals surface area contributed by atoms with Crippen molar-refractivity contribution in [1.29, 1.82) is 5.26 Å². The second-order valence-corrected chi connectivity index (χ2v) is 6.59. The number of halogens is 2. The van der Waals surface area contributed by atoms with Crippen LogP contribution in [0.2, 0.25) is 0 Å². The van der Waals surface area contributed by atoms with E-state index in [0.717, 1.165) is 32.7 Å². The Bertz CT molecular complexity index is 845. The number of benzene rings is 1. The lowest BCUT2D eigenvalue weighted by Crippen LogP contribution is -2.62. The fourth-order valence-electron chi connectivity index (χ4n) is 3.76. The minimum atomic E-state index is -2.89. The van der Waals surface area contributed by atoms with Gasteiger partial charge in [-0.1, -0.05) is 0 Å². The van der Waals surface area contributed by atoms with Crippen molar-refractivity contribution in [2.45, 2.75) is 12.7 Å². The number of hydrogen-bond donors (Lipinski definition) is 1. The van der Waals surface area contributed by atoms with Gasteiger partial charge in [-0.3, -0.25) is 14.8 Å². The summed E-state index contributed by atoms with van der Waals surface area (Å²) in [5.74, 6) is 0.0547. The molecular weight excluding hydrogens is 340 g/mol. The normalized spacial score (nSPS) is 24.6. The lowest BCUT2D eigenvalue weighted by Gasteiger charge is -2.47. The first kappa shape index (κ1) is 16.9. The molecule has 8 heteroatoms. The maximum absolute atomic E-state index is 12.5. The molecule has 3 aliphatic rings. The van der Waals surface area contributed by atoms with Crippen LogP contribution < -0.4 is 10.1 Å². The predicted molar refractivity (Wildman–Crippen MR) is 93.4 cm³/mol. The summed E-state index contributed by atoms with van der Waals surface area (Å²) in [4.78, 5) is 9.14. The lowest BCUT2D eigenvalue weighted by atomic mass is 10.1. The summed E-state index contributed by atoms with van der Waals surface area (Å²) >= 11 is 0. The summed E-state index contributed by atoms with van der Waals surface area (Å²) < 4.78 is 29.6. The number of pyridine rings is 1. The van der Waals surface area contributed by atoms with E-state index in [9.17, 15) is 14.0 Å². The molecular formula is C18H19F2N5O. The van der Waals surface area contributed by atoms with Crippen molar-refractivity contribution < 1.29 is 13.5 Å². The average Bonchev–Trinajstić information content (AvgIpc) is 2.66. The molecule has 2 bridgehead atoms. The van der Waals surface area contributed by atoms with Crippen LogP contribution in [0.1, 0.15) is 5.56 Å². The summed E-state index contributed by atoms with van der Waals surface area (Å²) in [6.07, 6.45) is 1.51. The second-order valence-electron chi connectivity index (χ2n) is 6.59. The number of nitriles is 1. The zero-order valence-corrected chi connectivity index (χ0v) is 14.2. The van der Waals surface area contributed by atoms with Crippen LogP contribution in [0.25, 0.3) is 10.9 Å². The van der Waals surface area contributed by atoms with Gasteiger partial charge in [0.2, 0.25) is 0 Å². The molecule has 136 valence electrons. The van der Waals surface area contributed by atoms with Gasteiger partial charge in [0.15, 0.2) is 0 Å². The van der Waals surface area contributed by atoms with Crippen molar-refractivity contribution in [3.63, 3.8) is 0 Å². The first-order valence-electron chi connectivity index (χ1n) is 8.62. The van der Waals surface area contributed by atoms with Gasteiger partial charge in [0, 0.05) is 56.9 Å². The molecule has 1 unspecified atom stereocenters. The van der Waals surface area contributed by atoms with Crippen molar-refractivity contribution in [1.82, 2.24) is 14.8 Å². The first-order valence-corrected chi connectivity index (χ1v) is 8.62. The zero-order valence-electron chi connectivity index (χ0n) is 14.2. The van der Waals surface area contributed by atoms with E-state index in [1.807, 2.05) is 0 Å². The highest BCUT2D eigenvalue weighted by Crippen LogP contribution is 2.30. The van der Waals surface area contributed by atoms with Crippen molar-refractivity contribution in [3.05, 3.63) is 30.0 Å². The molecule has 6 nitrogen and oxygen atoms in total. The third-order valence-corrected chi connectivity index (χ3v) is 5.09. The number of ether oxygens (including phenoxy) is 1. The number of aromatic nitrogens is 1. The van der Waals surface area contributed by atoms with Gasteiger partial charge in [-0.25, -0.2) is 0 Å². The Hall–Kier alpha value is -2.50. The Labute approximate surface area is 150 Å². The van der Waals surface area contributed by atoms with Gasteiger partial charge in [-0.2, -0.15) is 14.0 Å². The summed E-state index contributed by atoms with van der Waals surface area (Å²) in [6, 6.07) is 7.09. The smallest absolute Gasteiger partial charge is 0.387 e. The van der Waals surface area contributed by atoms with Crippen LogP contribution in [0.5, 0.6) is 5.75 Å². The molecule has 1 atom stereocenters. The maximum atomic E-state index is 12.5. The third-order valence-electron chi connectivity index (χ3n) is 5.09. The Balaban J connectivity index is 1.62. The van der Waals surface area contributed by atoms with Gasteiger partial charge in [-0.15, -0.1) is 0 Å². The van der Waals surface area contributed by atoms with Crippen molar-refractivity contribution in [2.75, 3.05) is 44.6 Å². The van der Waals surface area contributed by atoms with Gasteiger partial charge < -0.3 is 10.1 Å². The molecule has 1 aromatic heterocycles. The van der Waals surface area contributed by atoms with Crippen molar-refractivity contribution >= 4 is 16.6 Å². The summed E-state index contributed by atoms with van der Waals surface area (Å²) in [6.45, 7) is 3.11. The molecule has 4 heterocycles. The number of fused-ring (bicyclic) bond motifs is 4. The standard InChI is InChI=1S/C18H19F2N5O/c19-18(20)26-14-1-2-16-15(7-14)17(12(8-21)9-22-16)23-10-13-11-24-3-5-25(13)6-4-24/h1-2,7,9,13,18H,3-6,10-11H2,(H,22,23). The van der Waals surface area contributed by atoms with Gasteiger partial charge in [0.25, 0.3) is 0 Å². The average molecular weight is 359 g/mol. The van der Waals surface area contributed by atoms with Crippen molar-refractivity contribution in [2.24, 2.45) is 0 Å². The van der Waals surface area contributed by atoms with Crippen LogP contribution in [0.15, 0.2) is 24.4 Å². The van der Waals surface area contributed by atoms with Gasteiger partial charge in [-0.05, 0) is 18.2 Å². The first-order chi connectivity index (χ1) is 12.6. The molecule has 0 radical (unpaired) electrons. The van der Waals surface area contributed by atoms with Crippen LogP contribution >= 0.6 is 0 Å². The summed E-state index contributed by atoms with van der Waals surface area (Å²) in [5, 5.41) is 13.4. The molecule has 0 spiro atoms. The van der Waals surface area contributed by atoms with E-state index in [-0.39, 0.29) is 5.75 Å². The highest BCUT2D eigenvalue weighted by atomic mass is 19.3. The Morgan fingerprint density at radius 2 is 2.12 bits per heavy atom. The highest BCUT2D eigenvalue weighted by molar-refractivity contribution is 5.94. The quantitative estimate of drug-likeness (QED) is 0.882. The SMILES string of the molecule is N#Cc1cnc2ccc(OC(F)F)cc2c1NCC1CN2CCN1CC2. The van der Waals surface area contributed by atoms with E-state index >= 15 is 0 Å². The summed E-state index contributed by atoms with van der Waals surface area (Å²) in [7, 11) is 0. The van der Waals surface area contributed by atoms with E-state index in [0.29, 0.717) is 34.7 Å². The maximum Gasteiger partial charge on any atom is 0.387 e. The third kappa shape index (κ3) is 3.28. The van der Waals surface area contributed by atoms with E-state index < -0.39 is 6.61 Å². The van der Waals surface area contributed by atoms with E-state index in [4.69, 9.17) is 0 Å². The molecule has 5 rings (SSSR count). The lowest BCUT2D eigenvalue weighted by molar-refractivity contribution is -0.0497. The molecule has 0 amide bonds. The van der Waals surface area contributed by atoms with Crippen LogP contribution in [-0.4, -0.2) is 66.7 Å². The minimum Gasteiger partial charge on any atom is -0.435 e. The highest BCUT2D eigenvalue weighted by Gasteiger charge is 2.31. The molecule has 0 aliphatic carbocycles. The zero-order chi connectivity index (χ0) is 18.1. The Morgan fingerprint density at radius 1 is 1.31 bits per heavy atom. The second kappa shape index (κ2) is 7.02. The molecule has 0 saturated carbocycles. The van der Waals surface area contributed by atoms with Gasteiger partial charge in [0.1, 0.15) is 11.8 Å². The number of nitrogens with one attached hydrogen (secondary N) is 1. The molecule has 3 saturated heterocycles. The summed E-state index contributed by atoms with van der Waals surface area (Å²) in [5.41, 5.74) is 1.64.